The number of nitrogens with one attached hydrogen (secondary N) is 1. The molecule has 0 aliphatic rings. The molecule has 0 saturated carbocycles. The Hall–Kier alpha value is -0.280. The quantitative estimate of drug-likeness (QED) is 0.625. The van der Waals surface area contributed by atoms with Gasteiger partial charge in [0.15, 0.2) is 0 Å². The Bertz CT molecular complexity index is 93.7. The number of ether oxygens (including phenoxy) is 1. The zero-order chi connectivity index (χ0) is 7.28. The van der Waals surface area contributed by atoms with Gasteiger partial charge in [-0.25, -0.2) is 0 Å². The lowest BCUT2D eigenvalue weighted by Crippen LogP contribution is -2.34. The number of carbonyl (C=O) groups excluding carboxylic acids is 1. The van der Waals surface area contributed by atoms with Crippen molar-refractivity contribution in [2.24, 2.45) is 0 Å². The maximum absolute atomic E-state index is 10.7. The Kier molecular flexibility index (Phi) is 8.48. The topological polar surface area (TPSA) is 38.3 Å². The maximum atomic E-state index is 10.7. The summed E-state index contributed by atoms with van der Waals surface area (Å²) < 4.78 is 4.49. The number of hydrogen-bond donors (Lipinski definition) is 1. The smallest absolute Gasteiger partial charge is 0.322 e. The van der Waals surface area contributed by atoms with Crippen molar-refractivity contribution in [3.05, 3.63) is 0 Å². The van der Waals surface area contributed by atoms with Crippen LogP contribution >= 0.6 is 12.4 Å². The van der Waals surface area contributed by atoms with E-state index in [1.807, 2.05) is 6.92 Å². The number of likely N-dealkylation sites (N-methyl/N-ethyl adjacent to an activating group) is 1. The Morgan fingerprint density at radius 3 is 2.30 bits per heavy atom. The number of methoxy groups -OCH3 is 1. The first-order chi connectivity index (χ1) is 4.26. The molecule has 0 aliphatic carbocycles. The van der Waals surface area contributed by atoms with E-state index < -0.39 is 0 Å². The van der Waals surface area contributed by atoms with Gasteiger partial charge < -0.3 is 10.1 Å². The van der Waals surface area contributed by atoms with Gasteiger partial charge in [0.25, 0.3) is 0 Å². The minimum atomic E-state index is -0.194. The first kappa shape index (κ1) is 12.4. The normalized spacial score (nSPS) is 11.5. The van der Waals surface area contributed by atoms with Crippen LogP contribution in [0.5, 0.6) is 0 Å². The summed E-state index contributed by atoms with van der Waals surface area (Å²) >= 11 is 0. The Labute approximate surface area is 67.5 Å². The Morgan fingerprint density at radius 1 is 1.70 bits per heavy atom. The molecule has 4 heteroatoms. The number of carbonyl (C=O) groups is 1. The SMILES string of the molecule is CC[C@H](NC)C(=O)OC.Cl. The van der Waals surface area contributed by atoms with Gasteiger partial charge in [-0.05, 0) is 13.5 Å². The van der Waals surface area contributed by atoms with Crippen molar-refractivity contribution >= 4 is 18.4 Å². The molecule has 0 amide bonds. The van der Waals surface area contributed by atoms with Crippen LogP contribution in [-0.2, 0) is 9.53 Å². The predicted octanol–water partition coefficient (Wildman–Crippen LogP) is 0.579. The predicted molar refractivity (Wildman–Crippen MR) is 42.4 cm³/mol. The van der Waals surface area contributed by atoms with Crippen LogP contribution in [0.25, 0.3) is 0 Å². The molecule has 0 fully saturated rings. The molecule has 0 heterocycles. The number of halogens is 1. The van der Waals surface area contributed by atoms with Gasteiger partial charge in [0.2, 0.25) is 0 Å². The molecule has 1 N–H and O–H groups in total. The van der Waals surface area contributed by atoms with E-state index in [0.29, 0.717) is 0 Å². The van der Waals surface area contributed by atoms with E-state index in [0.717, 1.165) is 6.42 Å². The average Bonchev–Trinajstić information content (AvgIpc) is 1.90. The second-order valence-corrected chi connectivity index (χ2v) is 1.77. The molecule has 0 radical (unpaired) electrons. The molecule has 1 atom stereocenters. The van der Waals surface area contributed by atoms with Gasteiger partial charge in [0.1, 0.15) is 6.04 Å². The summed E-state index contributed by atoms with van der Waals surface area (Å²) in [4.78, 5) is 10.7. The van der Waals surface area contributed by atoms with Crippen LogP contribution in [0.15, 0.2) is 0 Å². The molecular formula is C6H14ClNO2. The molecule has 0 saturated heterocycles. The van der Waals surface area contributed by atoms with Gasteiger partial charge in [0, 0.05) is 0 Å². The molecule has 3 nitrogen and oxygen atoms in total. The summed E-state index contributed by atoms with van der Waals surface area (Å²) in [5.74, 6) is -0.194. The van der Waals surface area contributed by atoms with Crippen LogP contribution in [0, 0.1) is 0 Å². The van der Waals surface area contributed by atoms with Crippen molar-refractivity contribution in [3.63, 3.8) is 0 Å². The first-order valence-electron chi connectivity index (χ1n) is 3.01. The molecular weight excluding hydrogens is 154 g/mol. The minimum absolute atomic E-state index is 0. The van der Waals surface area contributed by atoms with Gasteiger partial charge in [-0.2, -0.15) is 0 Å². The van der Waals surface area contributed by atoms with Crippen LogP contribution in [0.4, 0.5) is 0 Å². The van der Waals surface area contributed by atoms with E-state index in [4.69, 9.17) is 0 Å². The van der Waals surface area contributed by atoms with Crippen molar-refractivity contribution in [3.8, 4) is 0 Å². The fraction of sp³-hybridized carbons (Fsp3) is 0.833. The van der Waals surface area contributed by atoms with Crippen LogP contribution in [0.3, 0.4) is 0 Å². The average molecular weight is 168 g/mol. The third-order valence-electron chi connectivity index (χ3n) is 1.24. The number of esters is 1. The molecule has 62 valence electrons. The lowest BCUT2D eigenvalue weighted by atomic mass is 10.2. The van der Waals surface area contributed by atoms with Crippen molar-refractivity contribution in [2.45, 2.75) is 19.4 Å². The molecule has 0 aromatic carbocycles. The summed E-state index contributed by atoms with van der Waals surface area (Å²) in [5.41, 5.74) is 0. The summed E-state index contributed by atoms with van der Waals surface area (Å²) in [5, 5.41) is 2.83. The fourth-order valence-corrected chi connectivity index (χ4v) is 0.631. The minimum Gasteiger partial charge on any atom is -0.468 e. The van der Waals surface area contributed by atoms with Gasteiger partial charge in [0.05, 0.1) is 7.11 Å². The summed E-state index contributed by atoms with van der Waals surface area (Å²) in [6.07, 6.45) is 0.767. The van der Waals surface area contributed by atoms with Crippen LogP contribution in [0.1, 0.15) is 13.3 Å². The van der Waals surface area contributed by atoms with Crippen molar-refractivity contribution in [2.75, 3.05) is 14.2 Å². The third kappa shape index (κ3) is 3.69. The highest BCUT2D eigenvalue weighted by Gasteiger charge is 2.12. The van der Waals surface area contributed by atoms with Gasteiger partial charge in [-0.15, -0.1) is 12.4 Å². The van der Waals surface area contributed by atoms with Gasteiger partial charge in [-0.1, -0.05) is 6.92 Å². The van der Waals surface area contributed by atoms with E-state index >= 15 is 0 Å². The van der Waals surface area contributed by atoms with E-state index in [1.54, 1.807) is 7.05 Å². The number of rotatable bonds is 3. The first-order valence-corrected chi connectivity index (χ1v) is 3.01. The lowest BCUT2D eigenvalue weighted by Gasteiger charge is -2.09. The highest BCUT2D eigenvalue weighted by molar-refractivity contribution is 5.85. The van der Waals surface area contributed by atoms with Crippen molar-refractivity contribution < 1.29 is 9.53 Å². The fourth-order valence-electron chi connectivity index (χ4n) is 0.631. The van der Waals surface area contributed by atoms with E-state index in [2.05, 4.69) is 10.1 Å². The van der Waals surface area contributed by atoms with Gasteiger partial charge in [-0.3, -0.25) is 4.79 Å². The zero-order valence-electron chi connectivity index (χ0n) is 6.51. The highest BCUT2D eigenvalue weighted by Crippen LogP contribution is 1.90. The molecule has 0 unspecified atom stereocenters. The largest absolute Gasteiger partial charge is 0.468 e. The molecule has 0 aliphatic heterocycles. The number of hydrogen-bond acceptors (Lipinski definition) is 3. The van der Waals surface area contributed by atoms with Crippen LogP contribution < -0.4 is 5.32 Å². The second-order valence-electron chi connectivity index (χ2n) is 1.77. The molecule has 0 aromatic rings. The summed E-state index contributed by atoms with van der Waals surface area (Å²) in [7, 11) is 3.13. The van der Waals surface area contributed by atoms with Crippen molar-refractivity contribution in [1.29, 1.82) is 0 Å². The summed E-state index contributed by atoms with van der Waals surface area (Å²) in [6.45, 7) is 1.93. The lowest BCUT2D eigenvalue weighted by molar-refractivity contribution is -0.143. The monoisotopic (exact) mass is 167 g/mol. The molecule has 0 bridgehead atoms. The Morgan fingerprint density at radius 2 is 2.20 bits per heavy atom. The highest BCUT2D eigenvalue weighted by atomic mass is 35.5. The maximum Gasteiger partial charge on any atom is 0.322 e. The summed E-state index contributed by atoms with van der Waals surface area (Å²) in [6, 6.07) is -0.144. The zero-order valence-corrected chi connectivity index (χ0v) is 7.33. The van der Waals surface area contributed by atoms with Crippen molar-refractivity contribution in [1.82, 2.24) is 5.32 Å². The van der Waals surface area contributed by atoms with E-state index in [9.17, 15) is 4.79 Å². The third-order valence-corrected chi connectivity index (χ3v) is 1.24. The van der Waals surface area contributed by atoms with E-state index in [1.165, 1.54) is 7.11 Å². The van der Waals surface area contributed by atoms with Gasteiger partial charge >= 0.3 is 5.97 Å². The van der Waals surface area contributed by atoms with E-state index in [-0.39, 0.29) is 24.4 Å². The second kappa shape index (κ2) is 6.83. The molecule has 0 rings (SSSR count). The van der Waals surface area contributed by atoms with Crippen LogP contribution in [0.2, 0.25) is 0 Å². The van der Waals surface area contributed by atoms with Crippen LogP contribution in [-0.4, -0.2) is 26.2 Å². The molecule has 0 aromatic heterocycles. The Balaban J connectivity index is 0. The standard InChI is InChI=1S/C6H13NO2.ClH/c1-4-5(7-2)6(8)9-3;/h5,7H,4H2,1-3H3;1H/t5-;/m0./s1. The molecule has 10 heavy (non-hydrogen) atoms. The molecule has 0 spiro atoms.